The fourth-order valence-corrected chi connectivity index (χ4v) is 1.78. The summed E-state index contributed by atoms with van der Waals surface area (Å²) in [6, 6.07) is 6.80. The molecule has 3 aromatic rings. The van der Waals surface area contributed by atoms with Crippen LogP contribution in [0.4, 0.5) is 0 Å². The van der Waals surface area contributed by atoms with E-state index in [1.807, 2.05) is 0 Å². The molecule has 0 atom stereocenters. The highest BCUT2D eigenvalue weighted by Gasteiger charge is 2.17. The number of rotatable bonds is 6. The second kappa shape index (κ2) is 8.33. The van der Waals surface area contributed by atoms with Crippen molar-refractivity contribution in [3.63, 3.8) is 0 Å². The third-order valence-corrected chi connectivity index (χ3v) is 3.08. The van der Waals surface area contributed by atoms with Crippen molar-refractivity contribution in [2.24, 2.45) is 0 Å². The van der Waals surface area contributed by atoms with Gasteiger partial charge in [-0.2, -0.15) is 0 Å². The number of aromatic nitrogens is 6. The maximum Gasteiger partial charge on any atom is 0.380 e. The summed E-state index contributed by atoms with van der Waals surface area (Å²) in [5.41, 5.74) is 1.51. The minimum Gasteiger partial charge on any atom is -0.455 e. The van der Waals surface area contributed by atoms with E-state index in [0.29, 0.717) is 0 Å². The van der Waals surface area contributed by atoms with Gasteiger partial charge in [0.1, 0.15) is 13.2 Å². The summed E-state index contributed by atoms with van der Waals surface area (Å²) in [5, 5.41) is 14.2. The predicted molar refractivity (Wildman–Crippen MR) is 84.3 cm³/mol. The Labute approximate surface area is 147 Å². The Balaban J connectivity index is 1.53. The number of esters is 2. The lowest BCUT2D eigenvalue weighted by atomic mass is 10.3. The number of hydrogen-bond donors (Lipinski definition) is 0. The molecule has 0 aliphatic carbocycles. The summed E-state index contributed by atoms with van der Waals surface area (Å²) >= 11 is 0. The van der Waals surface area contributed by atoms with Gasteiger partial charge in [-0.15, -0.1) is 20.4 Å². The molecule has 0 N–H and O–H groups in total. The Hall–Kier alpha value is -3.82. The highest BCUT2D eigenvalue weighted by atomic mass is 16.5. The molecule has 3 aromatic heterocycles. The van der Waals surface area contributed by atoms with Crippen molar-refractivity contribution in [3.8, 4) is 0 Å². The van der Waals surface area contributed by atoms with Crippen molar-refractivity contribution in [1.29, 1.82) is 0 Å². The Morgan fingerprint density at radius 1 is 0.654 bits per heavy atom. The molecule has 0 aliphatic rings. The van der Waals surface area contributed by atoms with Crippen molar-refractivity contribution in [1.82, 2.24) is 30.4 Å². The molecule has 10 heteroatoms. The van der Waals surface area contributed by atoms with Crippen LogP contribution < -0.4 is 0 Å². The summed E-state index contributed by atoms with van der Waals surface area (Å²) in [4.78, 5) is 31.4. The van der Waals surface area contributed by atoms with Crippen LogP contribution in [0.2, 0.25) is 0 Å². The number of carbonyl (C=O) groups excluding carboxylic acids is 2. The van der Waals surface area contributed by atoms with Crippen LogP contribution in [0.15, 0.2) is 49.1 Å². The van der Waals surface area contributed by atoms with Crippen LogP contribution in [0.5, 0.6) is 0 Å². The summed E-state index contributed by atoms with van der Waals surface area (Å²) in [6.45, 7) is 0.0564. The maximum absolute atomic E-state index is 11.8. The fourth-order valence-electron chi connectivity index (χ4n) is 1.78. The lowest BCUT2D eigenvalue weighted by Gasteiger charge is -2.04. The molecule has 0 amide bonds. The van der Waals surface area contributed by atoms with Crippen LogP contribution in [0.1, 0.15) is 32.4 Å². The van der Waals surface area contributed by atoms with E-state index in [9.17, 15) is 9.59 Å². The zero-order chi connectivity index (χ0) is 18.2. The van der Waals surface area contributed by atoms with Gasteiger partial charge in [0.25, 0.3) is 11.6 Å². The van der Waals surface area contributed by atoms with Gasteiger partial charge in [-0.1, -0.05) is 0 Å². The predicted octanol–water partition coefficient (Wildman–Crippen LogP) is 0.771. The molecule has 3 rings (SSSR count). The van der Waals surface area contributed by atoms with Crippen molar-refractivity contribution in [3.05, 3.63) is 71.8 Å². The first-order chi connectivity index (χ1) is 12.7. The highest BCUT2D eigenvalue weighted by Crippen LogP contribution is 2.03. The molecule has 3 heterocycles. The molecule has 0 saturated carbocycles. The SMILES string of the molecule is O=C(OCc1ccncc1)c1nnc(C(=O)OCc2ccncc2)nn1. The van der Waals surface area contributed by atoms with E-state index in [1.54, 1.807) is 49.1 Å². The van der Waals surface area contributed by atoms with E-state index in [4.69, 9.17) is 9.47 Å². The summed E-state index contributed by atoms with van der Waals surface area (Å²) in [5.74, 6) is -2.33. The summed E-state index contributed by atoms with van der Waals surface area (Å²) in [7, 11) is 0. The maximum atomic E-state index is 11.8. The van der Waals surface area contributed by atoms with Crippen molar-refractivity contribution in [2.75, 3.05) is 0 Å². The van der Waals surface area contributed by atoms with Crippen LogP contribution in [0.25, 0.3) is 0 Å². The monoisotopic (exact) mass is 352 g/mol. The molecule has 0 bridgehead atoms. The average Bonchev–Trinajstić information content (AvgIpc) is 2.72. The van der Waals surface area contributed by atoms with E-state index in [2.05, 4.69) is 30.4 Å². The molecule has 0 unspecified atom stereocenters. The zero-order valence-corrected chi connectivity index (χ0v) is 13.3. The fraction of sp³-hybridized carbons (Fsp3) is 0.125. The summed E-state index contributed by atoms with van der Waals surface area (Å²) < 4.78 is 10.1. The molecule has 0 saturated heterocycles. The molecule has 10 nitrogen and oxygen atoms in total. The van der Waals surface area contributed by atoms with Crippen LogP contribution in [-0.4, -0.2) is 42.3 Å². The van der Waals surface area contributed by atoms with E-state index in [1.165, 1.54) is 0 Å². The number of carbonyl (C=O) groups is 2. The Morgan fingerprint density at radius 3 is 1.35 bits per heavy atom. The van der Waals surface area contributed by atoms with Crippen molar-refractivity contribution < 1.29 is 19.1 Å². The summed E-state index contributed by atoms with van der Waals surface area (Å²) in [6.07, 6.45) is 6.31. The van der Waals surface area contributed by atoms with Gasteiger partial charge in [0.05, 0.1) is 0 Å². The van der Waals surface area contributed by atoms with E-state index in [-0.39, 0.29) is 24.9 Å². The Kier molecular flexibility index (Phi) is 5.45. The van der Waals surface area contributed by atoms with Gasteiger partial charge in [-0.3, -0.25) is 9.97 Å². The lowest BCUT2D eigenvalue weighted by molar-refractivity contribution is 0.0429. The Bertz CT molecular complexity index is 800. The van der Waals surface area contributed by atoms with Gasteiger partial charge in [0, 0.05) is 24.8 Å². The largest absolute Gasteiger partial charge is 0.455 e. The van der Waals surface area contributed by atoms with Crippen LogP contribution in [0, 0.1) is 0 Å². The van der Waals surface area contributed by atoms with E-state index in [0.717, 1.165) is 11.1 Å². The van der Waals surface area contributed by atoms with Gasteiger partial charge in [-0.25, -0.2) is 9.59 Å². The van der Waals surface area contributed by atoms with Crippen LogP contribution in [-0.2, 0) is 22.7 Å². The second-order valence-corrected chi connectivity index (χ2v) is 4.91. The minimum atomic E-state index is -0.807. The number of hydrogen-bond acceptors (Lipinski definition) is 10. The first kappa shape index (κ1) is 17.0. The topological polar surface area (TPSA) is 130 Å². The molecule has 0 aromatic carbocycles. The standard InChI is InChI=1S/C16H12N6O4/c23-15(25-9-11-1-5-17-6-2-11)13-19-21-14(22-20-13)16(24)26-10-12-3-7-18-8-4-12/h1-8H,9-10H2. The first-order valence-electron chi connectivity index (χ1n) is 7.42. The molecule has 130 valence electrons. The van der Waals surface area contributed by atoms with Crippen LogP contribution >= 0.6 is 0 Å². The third-order valence-electron chi connectivity index (χ3n) is 3.08. The molecular weight excluding hydrogens is 340 g/mol. The normalized spacial score (nSPS) is 10.2. The van der Waals surface area contributed by atoms with Crippen LogP contribution in [0.3, 0.4) is 0 Å². The minimum absolute atomic E-state index is 0.0282. The number of nitrogens with zero attached hydrogens (tertiary/aromatic N) is 6. The zero-order valence-electron chi connectivity index (χ0n) is 13.3. The molecule has 0 aliphatic heterocycles. The third kappa shape index (κ3) is 4.60. The quantitative estimate of drug-likeness (QED) is 0.586. The van der Waals surface area contributed by atoms with Gasteiger partial charge >= 0.3 is 11.9 Å². The number of pyridine rings is 2. The molecule has 0 fully saturated rings. The first-order valence-corrected chi connectivity index (χ1v) is 7.42. The Morgan fingerprint density at radius 2 is 1.00 bits per heavy atom. The van der Waals surface area contributed by atoms with Crippen molar-refractivity contribution >= 4 is 11.9 Å². The molecular formula is C16H12N6O4. The van der Waals surface area contributed by atoms with Gasteiger partial charge < -0.3 is 9.47 Å². The molecule has 0 radical (unpaired) electrons. The molecule has 26 heavy (non-hydrogen) atoms. The number of ether oxygens (including phenoxy) is 2. The molecule has 0 spiro atoms. The van der Waals surface area contributed by atoms with Gasteiger partial charge in [0.2, 0.25) is 0 Å². The van der Waals surface area contributed by atoms with Gasteiger partial charge in [0.15, 0.2) is 0 Å². The van der Waals surface area contributed by atoms with Crippen molar-refractivity contribution in [2.45, 2.75) is 13.2 Å². The van der Waals surface area contributed by atoms with Gasteiger partial charge in [-0.05, 0) is 35.4 Å². The second-order valence-electron chi connectivity index (χ2n) is 4.91. The average molecular weight is 352 g/mol. The van der Waals surface area contributed by atoms with E-state index >= 15 is 0 Å². The smallest absolute Gasteiger partial charge is 0.380 e. The highest BCUT2D eigenvalue weighted by molar-refractivity contribution is 5.86. The lowest BCUT2D eigenvalue weighted by Crippen LogP contribution is -2.17. The van der Waals surface area contributed by atoms with E-state index < -0.39 is 11.9 Å².